The van der Waals surface area contributed by atoms with E-state index in [1.165, 1.54) is 12.1 Å². The van der Waals surface area contributed by atoms with Gasteiger partial charge >= 0.3 is 5.97 Å². The van der Waals surface area contributed by atoms with Crippen molar-refractivity contribution in [1.29, 1.82) is 0 Å². The first kappa shape index (κ1) is 13.1. The second kappa shape index (κ2) is 5.23. The topological polar surface area (TPSA) is 55.1 Å². The van der Waals surface area contributed by atoms with Crippen LogP contribution in [-0.2, 0) is 11.3 Å². The summed E-state index contributed by atoms with van der Waals surface area (Å²) in [5.41, 5.74) is 0.937. The lowest BCUT2D eigenvalue weighted by Gasteiger charge is -2.26. The quantitative estimate of drug-likeness (QED) is 0.937. The van der Waals surface area contributed by atoms with E-state index in [0.29, 0.717) is 5.92 Å². The maximum absolute atomic E-state index is 13.1. The van der Waals surface area contributed by atoms with Crippen LogP contribution in [0.5, 0.6) is 0 Å². The van der Waals surface area contributed by atoms with Crippen molar-refractivity contribution < 1.29 is 14.3 Å². The Balaban J connectivity index is 1.70. The first-order valence-corrected chi connectivity index (χ1v) is 6.97. The van der Waals surface area contributed by atoms with Crippen molar-refractivity contribution in [2.45, 2.75) is 32.2 Å². The fourth-order valence-corrected chi connectivity index (χ4v) is 3.04. The van der Waals surface area contributed by atoms with Gasteiger partial charge in [0, 0.05) is 11.9 Å². The number of hydrogen-bond acceptors (Lipinski definition) is 2. The van der Waals surface area contributed by atoms with Gasteiger partial charge in [0.1, 0.15) is 5.82 Å². The third-order valence-electron chi connectivity index (χ3n) is 4.23. The molecule has 5 heteroatoms. The molecule has 1 aliphatic carbocycles. The predicted molar refractivity (Wildman–Crippen MR) is 72.8 cm³/mol. The summed E-state index contributed by atoms with van der Waals surface area (Å²) in [6, 6.07) is 4.68. The fourth-order valence-electron chi connectivity index (χ4n) is 3.04. The van der Waals surface area contributed by atoms with Crippen molar-refractivity contribution in [2.75, 3.05) is 0 Å². The summed E-state index contributed by atoms with van der Waals surface area (Å²) in [5.74, 6) is -0.657. The molecule has 4 nitrogen and oxygen atoms in total. The molecule has 2 aromatic rings. The van der Waals surface area contributed by atoms with Gasteiger partial charge in [0.2, 0.25) is 0 Å². The van der Waals surface area contributed by atoms with Gasteiger partial charge in [-0.1, -0.05) is 0 Å². The largest absolute Gasteiger partial charge is 0.481 e. The van der Waals surface area contributed by atoms with Crippen LogP contribution in [0.3, 0.4) is 0 Å². The molecule has 1 saturated carbocycles. The Morgan fingerprint density at radius 3 is 2.80 bits per heavy atom. The molecule has 20 heavy (non-hydrogen) atoms. The molecule has 0 atom stereocenters. The van der Waals surface area contributed by atoms with Crippen LogP contribution in [0, 0.1) is 17.7 Å². The Bertz CT molecular complexity index is 630. The third kappa shape index (κ3) is 2.53. The molecule has 0 unspecified atom stereocenters. The zero-order valence-electron chi connectivity index (χ0n) is 11.1. The molecule has 106 valence electrons. The lowest BCUT2D eigenvalue weighted by atomic mass is 9.82. The Hall–Kier alpha value is -1.91. The average Bonchev–Trinajstić information content (AvgIpc) is 2.81. The molecule has 0 bridgehead atoms. The second-order valence-corrected chi connectivity index (χ2v) is 5.59. The molecule has 0 spiro atoms. The van der Waals surface area contributed by atoms with E-state index in [9.17, 15) is 9.18 Å². The number of aromatic nitrogens is 2. The van der Waals surface area contributed by atoms with Gasteiger partial charge in [-0.2, -0.15) is 5.10 Å². The van der Waals surface area contributed by atoms with Gasteiger partial charge in [0.25, 0.3) is 0 Å². The fraction of sp³-hybridized carbons (Fsp3) is 0.467. The molecule has 1 aromatic heterocycles. The number of rotatable bonds is 3. The molecule has 0 amide bonds. The van der Waals surface area contributed by atoms with E-state index in [-0.39, 0.29) is 11.7 Å². The molecule has 1 N–H and O–H groups in total. The minimum absolute atomic E-state index is 0.185. The van der Waals surface area contributed by atoms with E-state index in [0.717, 1.165) is 43.1 Å². The van der Waals surface area contributed by atoms with Crippen molar-refractivity contribution in [3.8, 4) is 0 Å². The molecule has 0 saturated heterocycles. The Kier molecular flexibility index (Phi) is 3.42. The van der Waals surface area contributed by atoms with Crippen LogP contribution >= 0.6 is 0 Å². The van der Waals surface area contributed by atoms with E-state index >= 15 is 0 Å². The smallest absolute Gasteiger partial charge is 0.306 e. The number of carbonyl (C=O) groups is 1. The van der Waals surface area contributed by atoms with Crippen LogP contribution in [0.15, 0.2) is 24.4 Å². The maximum Gasteiger partial charge on any atom is 0.306 e. The first-order valence-electron chi connectivity index (χ1n) is 6.97. The van der Waals surface area contributed by atoms with E-state index in [1.807, 2.05) is 4.68 Å². The minimum Gasteiger partial charge on any atom is -0.481 e. The van der Waals surface area contributed by atoms with Crippen LogP contribution in [-0.4, -0.2) is 20.9 Å². The van der Waals surface area contributed by atoms with Gasteiger partial charge in [-0.05, 0) is 49.8 Å². The Morgan fingerprint density at radius 2 is 2.10 bits per heavy atom. The summed E-state index contributed by atoms with van der Waals surface area (Å²) in [6.45, 7) is 0.779. The highest BCUT2D eigenvalue weighted by Gasteiger charge is 2.26. The Labute approximate surface area is 116 Å². The number of fused-ring (bicyclic) bond motifs is 1. The van der Waals surface area contributed by atoms with Gasteiger partial charge in [0.05, 0.1) is 17.6 Å². The standard InChI is InChI=1S/C15H17FN2O2/c16-13-5-6-14-12(7-13)8-17-18(14)9-10-1-3-11(4-2-10)15(19)20/h5-8,10-11H,1-4,9H2,(H,19,20). The normalized spacial score (nSPS) is 23.1. The summed E-state index contributed by atoms with van der Waals surface area (Å²) in [6.07, 6.45) is 5.00. The highest BCUT2D eigenvalue weighted by Crippen LogP contribution is 2.30. The Morgan fingerprint density at radius 1 is 1.35 bits per heavy atom. The summed E-state index contributed by atoms with van der Waals surface area (Å²) in [4.78, 5) is 10.9. The molecule has 1 aliphatic rings. The number of carboxylic acid groups (broad SMARTS) is 1. The van der Waals surface area contributed by atoms with E-state index in [2.05, 4.69) is 5.10 Å². The first-order chi connectivity index (χ1) is 9.63. The molecule has 3 rings (SSSR count). The zero-order valence-corrected chi connectivity index (χ0v) is 11.1. The number of halogens is 1. The molecule has 1 heterocycles. The monoisotopic (exact) mass is 276 g/mol. The number of aliphatic carboxylic acids is 1. The van der Waals surface area contributed by atoms with E-state index in [1.54, 1.807) is 12.3 Å². The summed E-state index contributed by atoms with van der Waals surface area (Å²) in [5, 5.41) is 14.1. The highest BCUT2D eigenvalue weighted by atomic mass is 19.1. The second-order valence-electron chi connectivity index (χ2n) is 5.59. The maximum atomic E-state index is 13.1. The lowest BCUT2D eigenvalue weighted by molar-refractivity contribution is -0.143. The molecular weight excluding hydrogens is 259 g/mol. The van der Waals surface area contributed by atoms with Crippen LogP contribution in [0.2, 0.25) is 0 Å². The van der Waals surface area contributed by atoms with Gasteiger partial charge in [-0.3, -0.25) is 9.48 Å². The molecule has 1 fully saturated rings. The minimum atomic E-state index is -0.677. The van der Waals surface area contributed by atoms with Crippen molar-refractivity contribution >= 4 is 16.9 Å². The molecule has 1 aromatic carbocycles. The zero-order chi connectivity index (χ0) is 14.1. The summed E-state index contributed by atoms with van der Waals surface area (Å²) >= 11 is 0. The van der Waals surface area contributed by atoms with Crippen molar-refractivity contribution in [1.82, 2.24) is 9.78 Å². The van der Waals surface area contributed by atoms with Gasteiger partial charge in [-0.25, -0.2) is 4.39 Å². The van der Waals surface area contributed by atoms with E-state index < -0.39 is 5.97 Å². The van der Waals surface area contributed by atoms with Crippen LogP contribution in [0.25, 0.3) is 10.9 Å². The molecular formula is C15H17FN2O2. The van der Waals surface area contributed by atoms with Crippen molar-refractivity contribution in [3.63, 3.8) is 0 Å². The molecule has 0 aliphatic heterocycles. The highest BCUT2D eigenvalue weighted by molar-refractivity contribution is 5.78. The average molecular weight is 276 g/mol. The van der Waals surface area contributed by atoms with Crippen LogP contribution in [0.4, 0.5) is 4.39 Å². The van der Waals surface area contributed by atoms with Gasteiger partial charge in [0.15, 0.2) is 0 Å². The van der Waals surface area contributed by atoms with E-state index in [4.69, 9.17) is 5.11 Å². The predicted octanol–water partition coefficient (Wildman–Crippen LogP) is 3.07. The van der Waals surface area contributed by atoms with Crippen LogP contribution < -0.4 is 0 Å². The SMILES string of the molecule is O=C(O)C1CCC(Cn2ncc3cc(F)ccc32)CC1. The van der Waals surface area contributed by atoms with Gasteiger partial charge < -0.3 is 5.11 Å². The number of benzene rings is 1. The van der Waals surface area contributed by atoms with Crippen molar-refractivity contribution in [2.24, 2.45) is 11.8 Å². The van der Waals surface area contributed by atoms with Gasteiger partial charge in [-0.15, -0.1) is 0 Å². The summed E-state index contributed by atoms with van der Waals surface area (Å²) < 4.78 is 15.0. The number of hydrogen-bond donors (Lipinski definition) is 1. The van der Waals surface area contributed by atoms with Crippen molar-refractivity contribution in [3.05, 3.63) is 30.2 Å². The number of nitrogens with zero attached hydrogens (tertiary/aromatic N) is 2. The van der Waals surface area contributed by atoms with Crippen LogP contribution in [0.1, 0.15) is 25.7 Å². The summed E-state index contributed by atoms with van der Waals surface area (Å²) in [7, 11) is 0. The third-order valence-corrected chi connectivity index (χ3v) is 4.23. The number of carboxylic acids is 1. The lowest BCUT2D eigenvalue weighted by Crippen LogP contribution is -2.24. The molecule has 0 radical (unpaired) electrons.